The minimum Gasteiger partial charge on any atom is -0.372 e. The molecule has 1 aliphatic rings. The van der Waals surface area contributed by atoms with E-state index in [1.54, 1.807) is 11.8 Å². The van der Waals surface area contributed by atoms with Crippen LogP contribution in [0.1, 0.15) is 35.2 Å². The molecule has 0 spiro atoms. The van der Waals surface area contributed by atoms with Crippen LogP contribution >= 0.6 is 11.8 Å². The van der Waals surface area contributed by atoms with Crippen molar-refractivity contribution in [3.8, 4) is 0 Å². The van der Waals surface area contributed by atoms with Gasteiger partial charge in [-0.3, -0.25) is 9.89 Å². The van der Waals surface area contributed by atoms with Gasteiger partial charge in [0.05, 0.1) is 0 Å². The number of hydrogen-bond donors (Lipinski definition) is 2. The highest BCUT2D eigenvalue weighted by Crippen LogP contribution is 2.22. The van der Waals surface area contributed by atoms with Crippen LogP contribution in [-0.4, -0.2) is 34.2 Å². The third kappa shape index (κ3) is 4.72. The molecular weight excluding hydrogens is 370 g/mol. The smallest absolute Gasteiger partial charge is 0.255 e. The van der Waals surface area contributed by atoms with Gasteiger partial charge in [-0.25, -0.2) is 4.98 Å². The summed E-state index contributed by atoms with van der Waals surface area (Å²) >= 11 is 1.58. The molecule has 28 heavy (non-hydrogen) atoms. The predicted molar refractivity (Wildman–Crippen MR) is 113 cm³/mol. The number of thioether (sulfide) groups is 1. The van der Waals surface area contributed by atoms with Crippen molar-refractivity contribution in [1.29, 1.82) is 0 Å². The fourth-order valence-electron chi connectivity index (χ4n) is 3.28. The summed E-state index contributed by atoms with van der Waals surface area (Å²) in [6, 6.07) is 15.8. The average Bonchev–Trinajstić information content (AvgIpc) is 3.27. The van der Waals surface area contributed by atoms with E-state index in [9.17, 15) is 4.79 Å². The highest BCUT2D eigenvalue weighted by atomic mass is 32.2. The molecule has 1 fully saturated rings. The zero-order valence-corrected chi connectivity index (χ0v) is 16.4. The Labute approximate surface area is 168 Å². The Morgan fingerprint density at radius 2 is 1.79 bits per heavy atom. The maximum atomic E-state index is 12.5. The van der Waals surface area contributed by atoms with Crippen LogP contribution in [0.25, 0.3) is 0 Å². The van der Waals surface area contributed by atoms with Gasteiger partial charge in [-0.05, 0) is 61.2 Å². The van der Waals surface area contributed by atoms with Gasteiger partial charge in [-0.2, -0.15) is 5.10 Å². The lowest BCUT2D eigenvalue weighted by Crippen LogP contribution is -2.29. The predicted octanol–water partition coefficient (Wildman–Crippen LogP) is 4.34. The minimum atomic E-state index is -0.0971. The molecule has 4 rings (SSSR count). The number of nitrogens with one attached hydrogen (secondary N) is 2. The third-order valence-electron chi connectivity index (χ3n) is 4.83. The number of anilines is 2. The molecular formula is C21H23N5OS. The second-order valence-corrected chi connectivity index (χ2v) is 7.79. The summed E-state index contributed by atoms with van der Waals surface area (Å²) < 4.78 is 0. The second kappa shape index (κ2) is 8.93. The number of piperidine rings is 1. The molecule has 1 saturated heterocycles. The van der Waals surface area contributed by atoms with Gasteiger partial charge in [-0.15, -0.1) is 0 Å². The summed E-state index contributed by atoms with van der Waals surface area (Å²) in [5.74, 6) is 0.676. The van der Waals surface area contributed by atoms with E-state index in [1.165, 1.54) is 31.3 Å². The van der Waals surface area contributed by atoms with Crippen molar-refractivity contribution in [3.05, 3.63) is 66.0 Å². The second-order valence-electron chi connectivity index (χ2n) is 6.82. The SMILES string of the molecule is O=C(Nc1ccc(N2CCCCC2)cc1)c1ccc(CSc2ncn[nH]2)cc1. The maximum absolute atomic E-state index is 12.5. The van der Waals surface area contributed by atoms with Gasteiger partial charge in [0.25, 0.3) is 5.91 Å². The maximum Gasteiger partial charge on any atom is 0.255 e. The molecule has 1 amide bonds. The van der Waals surface area contributed by atoms with E-state index in [4.69, 9.17) is 0 Å². The van der Waals surface area contributed by atoms with Crippen LogP contribution in [0.3, 0.4) is 0 Å². The van der Waals surface area contributed by atoms with E-state index in [-0.39, 0.29) is 5.91 Å². The van der Waals surface area contributed by atoms with Gasteiger partial charge in [0.1, 0.15) is 6.33 Å². The van der Waals surface area contributed by atoms with E-state index in [0.717, 1.165) is 35.2 Å². The Bertz CT molecular complexity index is 888. The molecule has 0 atom stereocenters. The van der Waals surface area contributed by atoms with Crippen molar-refractivity contribution < 1.29 is 4.79 Å². The first-order valence-corrected chi connectivity index (χ1v) is 10.5. The van der Waals surface area contributed by atoms with E-state index < -0.39 is 0 Å². The number of aromatic nitrogens is 3. The summed E-state index contributed by atoms with van der Waals surface area (Å²) in [6.07, 6.45) is 5.33. The summed E-state index contributed by atoms with van der Waals surface area (Å²) in [5.41, 5.74) is 3.82. The molecule has 0 saturated carbocycles. The lowest BCUT2D eigenvalue weighted by Gasteiger charge is -2.28. The summed E-state index contributed by atoms with van der Waals surface area (Å²) in [5, 5.41) is 10.4. The first kappa shape index (κ1) is 18.6. The zero-order chi connectivity index (χ0) is 19.2. The number of H-pyrrole nitrogens is 1. The van der Waals surface area contributed by atoms with Crippen LogP contribution in [-0.2, 0) is 5.75 Å². The molecule has 0 bridgehead atoms. The van der Waals surface area contributed by atoms with E-state index in [0.29, 0.717) is 5.56 Å². The molecule has 2 aromatic carbocycles. The number of hydrogen-bond acceptors (Lipinski definition) is 5. The van der Waals surface area contributed by atoms with Gasteiger partial charge < -0.3 is 10.2 Å². The Balaban J connectivity index is 1.32. The van der Waals surface area contributed by atoms with Crippen molar-refractivity contribution in [3.63, 3.8) is 0 Å². The van der Waals surface area contributed by atoms with Gasteiger partial charge in [0, 0.05) is 35.8 Å². The van der Waals surface area contributed by atoms with Crippen molar-refractivity contribution in [2.24, 2.45) is 0 Å². The van der Waals surface area contributed by atoms with Crippen LogP contribution in [0.2, 0.25) is 0 Å². The van der Waals surface area contributed by atoms with Crippen molar-refractivity contribution in [2.75, 3.05) is 23.3 Å². The number of nitrogens with zero attached hydrogens (tertiary/aromatic N) is 3. The van der Waals surface area contributed by atoms with E-state index >= 15 is 0 Å². The Hall–Kier alpha value is -2.80. The van der Waals surface area contributed by atoms with Crippen molar-refractivity contribution in [2.45, 2.75) is 30.2 Å². The summed E-state index contributed by atoms with van der Waals surface area (Å²) in [4.78, 5) is 19.0. The largest absolute Gasteiger partial charge is 0.372 e. The van der Waals surface area contributed by atoms with E-state index in [2.05, 4.69) is 37.5 Å². The summed E-state index contributed by atoms with van der Waals surface area (Å²) in [7, 11) is 0. The fourth-order valence-corrected chi connectivity index (χ4v) is 4.01. The van der Waals surface area contributed by atoms with Gasteiger partial charge in [0.15, 0.2) is 5.16 Å². The monoisotopic (exact) mass is 393 g/mol. The molecule has 144 valence electrons. The molecule has 1 aliphatic heterocycles. The lowest BCUT2D eigenvalue weighted by molar-refractivity contribution is 0.102. The molecule has 7 heteroatoms. The zero-order valence-electron chi connectivity index (χ0n) is 15.6. The fraction of sp³-hybridized carbons (Fsp3) is 0.286. The Morgan fingerprint density at radius 3 is 2.46 bits per heavy atom. The lowest BCUT2D eigenvalue weighted by atomic mass is 10.1. The van der Waals surface area contributed by atoms with Crippen LogP contribution in [0, 0.1) is 0 Å². The standard InChI is InChI=1S/C21H23N5OS/c27-20(17-6-4-16(5-7-17)14-28-21-22-15-23-25-21)24-18-8-10-19(11-9-18)26-12-2-1-3-13-26/h4-11,15H,1-3,12-14H2,(H,24,27)(H,22,23,25). The molecule has 0 radical (unpaired) electrons. The minimum absolute atomic E-state index is 0.0971. The van der Waals surface area contributed by atoms with Gasteiger partial charge >= 0.3 is 0 Å². The van der Waals surface area contributed by atoms with Crippen LogP contribution in [0.5, 0.6) is 0 Å². The van der Waals surface area contributed by atoms with Gasteiger partial charge in [-0.1, -0.05) is 23.9 Å². The molecule has 3 aromatic rings. The normalized spacial score (nSPS) is 14.1. The number of carbonyl (C=O) groups excluding carboxylic acids is 1. The number of carbonyl (C=O) groups is 1. The van der Waals surface area contributed by atoms with Crippen molar-refractivity contribution in [1.82, 2.24) is 15.2 Å². The molecule has 0 unspecified atom stereocenters. The first-order chi connectivity index (χ1) is 13.8. The Kier molecular flexibility index (Phi) is 5.92. The molecule has 2 heterocycles. The topological polar surface area (TPSA) is 73.9 Å². The molecule has 1 aromatic heterocycles. The van der Waals surface area contributed by atoms with Crippen LogP contribution in [0.15, 0.2) is 60.0 Å². The Morgan fingerprint density at radius 1 is 1.04 bits per heavy atom. The van der Waals surface area contributed by atoms with Crippen molar-refractivity contribution >= 4 is 29.0 Å². The average molecular weight is 394 g/mol. The molecule has 2 N–H and O–H groups in total. The first-order valence-electron chi connectivity index (χ1n) is 9.51. The number of rotatable bonds is 6. The highest BCUT2D eigenvalue weighted by Gasteiger charge is 2.11. The highest BCUT2D eigenvalue weighted by molar-refractivity contribution is 7.98. The summed E-state index contributed by atoms with van der Waals surface area (Å²) in [6.45, 7) is 2.24. The number of aromatic amines is 1. The molecule has 6 nitrogen and oxygen atoms in total. The van der Waals surface area contributed by atoms with Gasteiger partial charge in [0.2, 0.25) is 0 Å². The van der Waals surface area contributed by atoms with Crippen LogP contribution in [0.4, 0.5) is 11.4 Å². The molecule has 0 aliphatic carbocycles. The number of benzene rings is 2. The quantitative estimate of drug-likeness (QED) is 0.610. The third-order valence-corrected chi connectivity index (χ3v) is 5.78. The van der Waals surface area contributed by atoms with Crippen LogP contribution < -0.4 is 10.2 Å². The number of amides is 1. The van der Waals surface area contributed by atoms with E-state index in [1.807, 2.05) is 36.4 Å².